The van der Waals surface area contributed by atoms with Gasteiger partial charge in [0.1, 0.15) is 0 Å². The number of nitrogens with zero attached hydrogens (tertiary/aromatic N) is 1. The SMILES string of the molecule is NCC1CCN(C(=O)c2cc(F)c(F)cc2I)C1. The average Bonchev–Trinajstić information content (AvgIpc) is 2.81. The Bertz CT molecular complexity index is 481. The molecule has 1 fully saturated rings. The predicted octanol–water partition coefficient (Wildman–Crippen LogP) is 1.99. The van der Waals surface area contributed by atoms with Crippen LogP contribution in [0.5, 0.6) is 0 Å². The van der Waals surface area contributed by atoms with E-state index in [-0.39, 0.29) is 11.5 Å². The summed E-state index contributed by atoms with van der Waals surface area (Å²) in [5.74, 6) is -1.88. The molecule has 98 valence electrons. The summed E-state index contributed by atoms with van der Waals surface area (Å²) in [5.41, 5.74) is 5.77. The first-order valence-electron chi connectivity index (χ1n) is 5.66. The molecule has 0 spiro atoms. The first kappa shape index (κ1) is 13.7. The summed E-state index contributed by atoms with van der Waals surface area (Å²) in [6.07, 6.45) is 0.864. The van der Waals surface area contributed by atoms with Crippen molar-refractivity contribution in [3.63, 3.8) is 0 Å². The lowest BCUT2D eigenvalue weighted by atomic mass is 10.1. The molecule has 1 atom stereocenters. The zero-order valence-corrected chi connectivity index (χ0v) is 11.8. The van der Waals surface area contributed by atoms with Crippen molar-refractivity contribution in [3.8, 4) is 0 Å². The predicted molar refractivity (Wildman–Crippen MR) is 72.1 cm³/mol. The zero-order chi connectivity index (χ0) is 13.3. The summed E-state index contributed by atoms with van der Waals surface area (Å²) < 4.78 is 26.6. The molecule has 2 rings (SSSR count). The molecule has 2 N–H and O–H groups in total. The Kier molecular flexibility index (Phi) is 4.16. The molecule has 0 aliphatic carbocycles. The minimum absolute atomic E-state index is 0.215. The summed E-state index contributed by atoms with van der Waals surface area (Å²) in [6.45, 7) is 1.75. The first-order chi connectivity index (χ1) is 8.52. The second-order valence-corrected chi connectivity index (χ2v) is 5.55. The van der Waals surface area contributed by atoms with Crippen molar-refractivity contribution in [2.75, 3.05) is 19.6 Å². The van der Waals surface area contributed by atoms with Crippen LogP contribution in [0.1, 0.15) is 16.8 Å². The maximum Gasteiger partial charge on any atom is 0.255 e. The number of benzene rings is 1. The van der Waals surface area contributed by atoms with E-state index in [1.807, 2.05) is 22.6 Å². The Labute approximate surface area is 117 Å². The topological polar surface area (TPSA) is 46.3 Å². The molecule has 18 heavy (non-hydrogen) atoms. The van der Waals surface area contributed by atoms with Crippen molar-refractivity contribution in [2.45, 2.75) is 6.42 Å². The maximum absolute atomic E-state index is 13.2. The van der Waals surface area contributed by atoms with E-state index in [4.69, 9.17) is 5.73 Å². The van der Waals surface area contributed by atoms with Gasteiger partial charge in [-0.2, -0.15) is 0 Å². The van der Waals surface area contributed by atoms with Gasteiger partial charge in [-0.15, -0.1) is 0 Å². The third-order valence-corrected chi connectivity index (χ3v) is 4.04. The number of likely N-dealkylation sites (tertiary alicyclic amines) is 1. The van der Waals surface area contributed by atoms with Gasteiger partial charge in [-0.25, -0.2) is 8.78 Å². The normalized spacial score (nSPS) is 19.3. The number of carbonyl (C=O) groups is 1. The van der Waals surface area contributed by atoms with Gasteiger partial charge in [-0.3, -0.25) is 4.79 Å². The van der Waals surface area contributed by atoms with Gasteiger partial charge in [0.05, 0.1) is 5.56 Å². The number of rotatable bonds is 2. The average molecular weight is 366 g/mol. The van der Waals surface area contributed by atoms with Crippen LogP contribution in [-0.2, 0) is 0 Å². The first-order valence-corrected chi connectivity index (χ1v) is 6.74. The van der Waals surface area contributed by atoms with Crippen molar-refractivity contribution in [3.05, 3.63) is 32.9 Å². The molecule has 0 saturated carbocycles. The van der Waals surface area contributed by atoms with Crippen LogP contribution in [-0.4, -0.2) is 30.4 Å². The molecule has 1 amide bonds. The lowest BCUT2D eigenvalue weighted by Gasteiger charge is -2.17. The van der Waals surface area contributed by atoms with Gasteiger partial charge in [-0.1, -0.05) is 0 Å². The molecule has 1 aromatic rings. The zero-order valence-electron chi connectivity index (χ0n) is 9.63. The molecule has 0 aromatic heterocycles. The monoisotopic (exact) mass is 366 g/mol. The van der Waals surface area contributed by atoms with Crippen molar-refractivity contribution < 1.29 is 13.6 Å². The van der Waals surface area contributed by atoms with Crippen LogP contribution in [0.4, 0.5) is 8.78 Å². The van der Waals surface area contributed by atoms with Crippen molar-refractivity contribution >= 4 is 28.5 Å². The minimum Gasteiger partial charge on any atom is -0.338 e. The lowest BCUT2D eigenvalue weighted by Crippen LogP contribution is -2.30. The van der Waals surface area contributed by atoms with E-state index in [1.165, 1.54) is 0 Å². The standard InChI is InChI=1S/C12H13F2IN2O/c13-9-3-8(11(15)4-10(9)14)12(18)17-2-1-7(5-16)6-17/h3-4,7H,1-2,5-6,16H2. The highest BCUT2D eigenvalue weighted by molar-refractivity contribution is 14.1. The summed E-state index contributed by atoms with van der Waals surface area (Å²) in [5, 5.41) is 0. The smallest absolute Gasteiger partial charge is 0.255 e. The second-order valence-electron chi connectivity index (χ2n) is 4.39. The third-order valence-electron chi connectivity index (χ3n) is 3.15. The minimum atomic E-state index is -0.992. The molecule has 1 aliphatic rings. The number of amides is 1. The quantitative estimate of drug-likeness (QED) is 0.643. The highest BCUT2D eigenvalue weighted by Gasteiger charge is 2.27. The van der Waals surface area contributed by atoms with Gasteiger partial charge in [0.25, 0.3) is 5.91 Å². The molecular weight excluding hydrogens is 353 g/mol. The van der Waals surface area contributed by atoms with Crippen LogP contribution in [0.15, 0.2) is 12.1 Å². The Balaban J connectivity index is 2.22. The molecule has 1 saturated heterocycles. The van der Waals surface area contributed by atoms with E-state index in [0.717, 1.165) is 18.6 Å². The van der Waals surface area contributed by atoms with Crippen LogP contribution < -0.4 is 5.73 Å². The van der Waals surface area contributed by atoms with Gasteiger partial charge < -0.3 is 10.6 Å². The van der Waals surface area contributed by atoms with Gasteiger partial charge in [0, 0.05) is 16.7 Å². The van der Waals surface area contributed by atoms with Crippen molar-refractivity contribution in [1.29, 1.82) is 0 Å². The molecule has 3 nitrogen and oxygen atoms in total. The van der Waals surface area contributed by atoms with E-state index in [1.54, 1.807) is 4.90 Å². The highest BCUT2D eigenvalue weighted by Crippen LogP contribution is 2.22. The Morgan fingerprint density at radius 2 is 2.11 bits per heavy atom. The highest BCUT2D eigenvalue weighted by atomic mass is 127. The number of nitrogens with two attached hydrogens (primary N) is 1. The van der Waals surface area contributed by atoms with Crippen LogP contribution >= 0.6 is 22.6 Å². The molecule has 1 aromatic carbocycles. The Morgan fingerprint density at radius 3 is 2.72 bits per heavy atom. The van der Waals surface area contributed by atoms with Gasteiger partial charge in [0.15, 0.2) is 11.6 Å². The van der Waals surface area contributed by atoms with Gasteiger partial charge >= 0.3 is 0 Å². The molecule has 1 aliphatic heterocycles. The van der Waals surface area contributed by atoms with Crippen LogP contribution in [0.2, 0.25) is 0 Å². The fourth-order valence-electron chi connectivity index (χ4n) is 2.07. The summed E-state index contributed by atoms with van der Waals surface area (Å²) in [4.78, 5) is 13.8. The van der Waals surface area contributed by atoms with E-state index in [2.05, 4.69) is 0 Å². The number of hydrogen-bond acceptors (Lipinski definition) is 2. The molecule has 6 heteroatoms. The van der Waals surface area contributed by atoms with E-state index >= 15 is 0 Å². The lowest BCUT2D eigenvalue weighted by molar-refractivity contribution is 0.0786. The number of halogens is 3. The van der Waals surface area contributed by atoms with E-state index < -0.39 is 11.6 Å². The maximum atomic E-state index is 13.2. The third kappa shape index (κ3) is 2.64. The number of hydrogen-bond donors (Lipinski definition) is 1. The molecule has 1 heterocycles. The van der Waals surface area contributed by atoms with Crippen LogP contribution in [0, 0.1) is 21.1 Å². The van der Waals surface area contributed by atoms with Gasteiger partial charge in [-0.05, 0) is 53.6 Å². The molecular formula is C12H13F2IN2O. The van der Waals surface area contributed by atoms with E-state index in [0.29, 0.717) is 29.1 Å². The van der Waals surface area contributed by atoms with Crippen molar-refractivity contribution in [1.82, 2.24) is 4.90 Å². The fraction of sp³-hybridized carbons (Fsp3) is 0.417. The fourth-order valence-corrected chi connectivity index (χ4v) is 2.73. The van der Waals surface area contributed by atoms with Crippen LogP contribution in [0.25, 0.3) is 0 Å². The summed E-state index contributed by atoms with van der Waals surface area (Å²) in [7, 11) is 0. The van der Waals surface area contributed by atoms with Crippen molar-refractivity contribution in [2.24, 2.45) is 11.7 Å². The number of carbonyl (C=O) groups excluding carboxylic acids is 1. The van der Waals surface area contributed by atoms with Gasteiger partial charge in [0.2, 0.25) is 0 Å². The Hall–Kier alpha value is -0.760. The largest absolute Gasteiger partial charge is 0.338 e. The molecule has 0 bridgehead atoms. The second kappa shape index (κ2) is 5.48. The molecule has 0 radical (unpaired) electrons. The van der Waals surface area contributed by atoms with Crippen LogP contribution in [0.3, 0.4) is 0 Å². The Morgan fingerprint density at radius 1 is 1.44 bits per heavy atom. The molecule has 1 unspecified atom stereocenters. The summed E-state index contributed by atoms with van der Waals surface area (Å²) >= 11 is 1.84. The summed E-state index contributed by atoms with van der Waals surface area (Å²) in [6, 6.07) is 2.01. The van der Waals surface area contributed by atoms with E-state index in [9.17, 15) is 13.6 Å².